The van der Waals surface area contributed by atoms with Gasteiger partial charge >= 0.3 is 12.1 Å². The number of carboxylic acids is 1. The van der Waals surface area contributed by atoms with Gasteiger partial charge in [0.2, 0.25) is 0 Å². The number of hydrogen-bond donors (Lipinski definition) is 1. The minimum Gasteiger partial charge on any atom is -0.481 e. The molecule has 0 saturated carbocycles. The topological polar surface area (TPSA) is 83.6 Å². The lowest BCUT2D eigenvalue weighted by Gasteiger charge is -2.27. The van der Waals surface area contributed by atoms with E-state index >= 15 is 0 Å². The van der Waals surface area contributed by atoms with Crippen molar-refractivity contribution in [2.45, 2.75) is 19.5 Å². The Hall–Kier alpha value is -2.84. The predicted octanol–water partition coefficient (Wildman–Crippen LogP) is 3.13. The Kier molecular flexibility index (Phi) is 4.25. The van der Waals surface area contributed by atoms with Crippen LogP contribution in [0.15, 0.2) is 34.9 Å². The van der Waals surface area contributed by atoms with Gasteiger partial charge in [-0.15, -0.1) is 0 Å². The Labute approximate surface area is 146 Å². The van der Waals surface area contributed by atoms with Crippen LogP contribution < -0.4 is 0 Å². The number of carboxylic acid groups (broad SMARTS) is 1. The van der Waals surface area contributed by atoms with E-state index in [0.717, 1.165) is 4.90 Å². The maximum absolute atomic E-state index is 13.3. The van der Waals surface area contributed by atoms with Gasteiger partial charge in [-0.25, -0.2) is 4.98 Å². The van der Waals surface area contributed by atoms with Crippen molar-refractivity contribution in [3.63, 3.8) is 0 Å². The normalized spacial score (nSPS) is 20.4. The molecule has 0 aliphatic carbocycles. The number of rotatable bonds is 3. The lowest BCUT2D eigenvalue weighted by molar-refractivity contribution is -0.227. The number of halogens is 3. The second kappa shape index (κ2) is 6.15. The molecule has 0 bridgehead atoms. The summed E-state index contributed by atoms with van der Waals surface area (Å²) >= 11 is 0. The van der Waals surface area contributed by atoms with Crippen LogP contribution in [0.4, 0.5) is 13.2 Å². The molecule has 3 rings (SSSR count). The Morgan fingerprint density at radius 3 is 2.54 bits per heavy atom. The summed E-state index contributed by atoms with van der Waals surface area (Å²) in [5, 5.41) is 9.09. The highest BCUT2D eigenvalue weighted by Crippen LogP contribution is 2.46. The first-order valence-electron chi connectivity index (χ1n) is 7.77. The molecule has 9 heteroatoms. The average Bonchev–Trinajstić information content (AvgIpc) is 3.24. The molecule has 6 nitrogen and oxygen atoms in total. The third kappa shape index (κ3) is 2.83. The van der Waals surface area contributed by atoms with E-state index in [9.17, 15) is 22.8 Å². The summed E-state index contributed by atoms with van der Waals surface area (Å²) in [6.45, 7) is 0.359. The molecule has 1 amide bonds. The van der Waals surface area contributed by atoms with E-state index in [1.54, 1.807) is 19.1 Å². The predicted molar refractivity (Wildman–Crippen MR) is 83.3 cm³/mol. The van der Waals surface area contributed by atoms with E-state index in [1.807, 2.05) is 0 Å². The first kappa shape index (κ1) is 18.0. The summed E-state index contributed by atoms with van der Waals surface area (Å²) in [7, 11) is 0. The van der Waals surface area contributed by atoms with Gasteiger partial charge in [-0.05, 0) is 37.6 Å². The molecule has 1 atom stereocenters. The SMILES string of the molecule is Cc1nc(-c2ccco2)ccc1C(=O)N1CCC(C(=O)O)(C(F)(F)F)C1. The number of likely N-dealkylation sites (tertiary alicyclic amines) is 1. The maximum Gasteiger partial charge on any atom is 0.406 e. The van der Waals surface area contributed by atoms with E-state index in [4.69, 9.17) is 9.52 Å². The van der Waals surface area contributed by atoms with E-state index < -0.39 is 36.4 Å². The largest absolute Gasteiger partial charge is 0.481 e. The van der Waals surface area contributed by atoms with Crippen LogP contribution in [-0.4, -0.2) is 46.1 Å². The molecule has 1 fully saturated rings. The second-order valence-corrected chi connectivity index (χ2v) is 6.17. The van der Waals surface area contributed by atoms with Gasteiger partial charge in [0.05, 0.1) is 17.5 Å². The molecule has 0 spiro atoms. The highest BCUT2D eigenvalue weighted by Gasteiger charge is 2.64. The van der Waals surface area contributed by atoms with Crippen LogP contribution in [0.5, 0.6) is 0 Å². The Bertz CT molecular complexity index is 848. The summed E-state index contributed by atoms with van der Waals surface area (Å²) in [5.74, 6) is -2.15. The van der Waals surface area contributed by atoms with Gasteiger partial charge < -0.3 is 14.4 Å². The lowest BCUT2D eigenvalue weighted by Crippen LogP contribution is -2.47. The van der Waals surface area contributed by atoms with E-state index in [1.165, 1.54) is 18.4 Å². The number of amides is 1. The van der Waals surface area contributed by atoms with E-state index in [0.29, 0.717) is 17.1 Å². The Morgan fingerprint density at radius 2 is 2.04 bits per heavy atom. The molecule has 1 N–H and O–H groups in total. The Morgan fingerprint density at radius 1 is 1.31 bits per heavy atom. The molecule has 2 aromatic rings. The molecule has 26 heavy (non-hydrogen) atoms. The smallest absolute Gasteiger partial charge is 0.406 e. The minimum atomic E-state index is -4.94. The number of carbonyl (C=O) groups is 2. The zero-order valence-corrected chi connectivity index (χ0v) is 13.7. The summed E-state index contributed by atoms with van der Waals surface area (Å²) < 4.78 is 45.0. The van der Waals surface area contributed by atoms with Crippen molar-refractivity contribution in [1.29, 1.82) is 0 Å². The highest BCUT2D eigenvalue weighted by molar-refractivity contribution is 5.96. The molecule has 1 saturated heterocycles. The molecule has 3 heterocycles. The lowest BCUT2D eigenvalue weighted by atomic mass is 9.86. The number of aromatic nitrogens is 1. The molecular weight excluding hydrogens is 353 g/mol. The fourth-order valence-electron chi connectivity index (χ4n) is 3.03. The third-order valence-electron chi connectivity index (χ3n) is 4.60. The van der Waals surface area contributed by atoms with Gasteiger partial charge in [-0.1, -0.05) is 0 Å². The summed E-state index contributed by atoms with van der Waals surface area (Å²) in [5.41, 5.74) is -1.99. The number of aliphatic carboxylic acids is 1. The van der Waals surface area contributed by atoms with Crippen molar-refractivity contribution in [3.05, 3.63) is 41.8 Å². The van der Waals surface area contributed by atoms with E-state index in [2.05, 4.69) is 4.98 Å². The molecule has 2 aromatic heterocycles. The average molecular weight is 368 g/mol. The van der Waals surface area contributed by atoms with Crippen molar-refractivity contribution in [3.8, 4) is 11.5 Å². The van der Waals surface area contributed by atoms with Crippen LogP contribution in [0.2, 0.25) is 0 Å². The highest BCUT2D eigenvalue weighted by atomic mass is 19.4. The van der Waals surface area contributed by atoms with Crippen LogP contribution >= 0.6 is 0 Å². The second-order valence-electron chi connectivity index (χ2n) is 6.17. The van der Waals surface area contributed by atoms with Gasteiger partial charge in [0.25, 0.3) is 5.91 Å². The minimum absolute atomic E-state index is 0.128. The quantitative estimate of drug-likeness (QED) is 0.900. The van der Waals surface area contributed by atoms with Crippen LogP contribution in [0.25, 0.3) is 11.5 Å². The summed E-state index contributed by atoms with van der Waals surface area (Å²) in [6.07, 6.45) is -4.14. The first-order valence-corrected chi connectivity index (χ1v) is 7.77. The van der Waals surface area contributed by atoms with Crippen LogP contribution in [0, 0.1) is 12.3 Å². The standard InChI is InChI=1S/C17H15F3N2O4/c1-10-11(4-5-12(21-10)13-3-2-8-26-13)14(23)22-7-6-16(9-22,15(24)25)17(18,19)20/h2-5,8H,6-7,9H2,1H3,(H,24,25). The molecule has 1 aliphatic heterocycles. The van der Waals surface area contributed by atoms with Crippen molar-refractivity contribution in [2.75, 3.05) is 13.1 Å². The van der Waals surface area contributed by atoms with Crippen LogP contribution in [0.1, 0.15) is 22.5 Å². The molecule has 138 valence electrons. The number of carbonyl (C=O) groups excluding carboxylic acids is 1. The van der Waals surface area contributed by atoms with Crippen molar-refractivity contribution >= 4 is 11.9 Å². The zero-order chi connectivity index (χ0) is 19.1. The molecular formula is C17H15F3N2O4. The van der Waals surface area contributed by atoms with Gasteiger partial charge in [0, 0.05) is 13.1 Å². The molecule has 0 radical (unpaired) electrons. The number of aryl methyl sites for hydroxylation is 1. The number of furan rings is 1. The maximum atomic E-state index is 13.3. The third-order valence-corrected chi connectivity index (χ3v) is 4.60. The zero-order valence-electron chi connectivity index (χ0n) is 13.7. The van der Waals surface area contributed by atoms with Crippen molar-refractivity contribution < 1.29 is 32.3 Å². The first-order chi connectivity index (χ1) is 12.2. The number of nitrogens with zero attached hydrogens (tertiary/aromatic N) is 2. The van der Waals surface area contributed by atoms with Gasteiger partial charge in [-0.3, -0.25) is 9.59 Å². The number of hydrogen-bond acceptors (Lipinski definition) is 4. The van der Waals surface area contributed by atoms with Crippen LogP contribution in [-0.2, 0) is 4.79 Å². The number of alkyl halides is 3. The van der Waals surface area contributed by atoms with E-state index in [-0.39, 0.29) is 12.1 Å². The van der Waals surface area contributed by atoms with Crippen molar-refractivity contribution in [1.82, 2.24) is 9.88 Å². The van der Waals surface area contributed by atoms with Gasteiger partial charge in [0.1, 0.15) is 5.69 Å². The van der Waals surface area contributed by atoms with Gasteiger partial charge in [0.15, 0.2) is 11.2 Å². The number of pyridine rings is 1. The molecule has 1 aliphatic rings. The molecule has 0 aromatic carbocycles. The fourth-order valence-corrected chi connectivity index (χ4v) is 3.03. The van der Waals surface area contributed by atoms with Crippen molar-refractivity contribution in [2.24, 2.45) is 5.41 Å². The Balaban J connectivity index is 1.86. The summed E-state index contributed by atoms with van der Waals surface area (Å²) in [6, 6.07) is 6.35. The van der Waals surface area contributed by atoms with Crippen LogP contribution in [0.3, 0.4) is 0 Å². The summed E-state index contributed by atoms with van der Waals surface area (Å²) in [4.78, 5) is 29.0. The van der Waals surface area contributed by atoms with Gasteiger partial charge in [-0.2, -0.15) is 13.2 Å². The fraction of sp³-hybridized carbons (Fsp3) is 0.353. The molecule has 1 unspecified atom stereocenters. The monoisotopic (exact) mass is 368 g/mol.